The first-order chi connectivity index (χ1) is 9.63. The van der Waals surface area contributed by atoms with Crippen LogP contribution in [0, 0.1) is 0 Å². The quantitative estimate of drug-likeness (QED) is 0.763. The Morgan fingerprint density at radius 1 is 1.50 bits per heavy atom. The maximum atomic E-state index is 12.1. The van der Waals surface area contributed by atoms with Crippen LogP contribution in [0.2, 0.25) is 5.02 Å². The molecule has 0 saturated carbocycles. The molecule has 0 bridgehead atoms. The van der Waals surface area contributed by atoms with Crippen LogP contribution >= 0.6 is 38.9 Å². The Bertz CT molecular complexity index is 754. The van der Waals surface area contributed by atoms with E-state index in [0.717, 1.165) is 10.7 Å². The van der Waals surface area contributed by atoms with Gasteiger partial charge in [-0.05, 0) is 34.1 Å². The van der Waals surface area contributed by atoms with Crippen LogP contribution in [-0.2, 0) is 6.54 Å². The van der Waals surface area contributed by atoms with Crippen LogP contribution in [0.4, 0.5) is 0 Å². The topological polar surface area (TPSA) is 46.4 Å². The van der Waals surface area contributed by atoms with Crippen molar-refractivity contribution in [1.82, 2.24) is 14.7 Å². The Hall–Kier alpha value is -1.37. The maximum absolute atomic E-state index is 12.1. The summed E-state index contributed by atoms with van der Waals surface area (Å²) in [4.78, 5) is 17.4. The smallest absolute Gasteiger partial charge is 0.252 e. The molecule has 1 N–H and O–H groups in total. The minimum atomic E-state index is -0.185. The van der Waals surface area contributed by atoms with Gasteiger partial charge in [-0.3, -0.25) is 9.20 Å². The fourth-order valence-corrected chi connectivity index (χ4v) is 3.12. The molecule has 0 spiro atoms. The second-order valence-corrected chi connectivity index (χ2v) is 6.30. The number of amides is 1. The largest absolute Gasteiger partial charge is 0.346 e. The summed E-state index contributed by atoms with van der Waals surface area (Å²) in [6.07, 6.45) is 3.84. The van der Waals surface area contributed by atoms with Crippen LogP contribution in [0.25, 0.3) is 4.96 Å². The highest BCUT2D eigenvalue weighted by Crippen LogP contribution is 2.21. The molecular weight excluding hydrogens is 362 g/mol. The summed E-state index contributed by atoms with van der Waals surface area (Å²) in [6, 6.07) is 5.11. The molecular formula is C13H9BrClN3OS. The number of hydrogen-bond donors (Lipinski definition) is 1. The summed E-state index contributed by atoms with van der Waals surface area (Å²) in [5.41, 5.74) is 1.34. The Morgan fingerprint density at radius 2 is 2.35 bits per heavy atom. The maximum Gasteiger partial charge on any atom is 0.252 e. The van der Waals surface area contributed by atoms with E-state index >= 15 is 0 Å². The highest BCUT2D eigenvalue weighted by molar-refractivity contribution is 9.10. The predicted molar refractivity (Wildman–Crippen MR) is 83.4 cm³/mol. The summed E-state index contributed by atoms with van der Waals surface area (Å²) >= 11 is 10.8. The van der Waals surface area contributed by atoms with E-state index in [9.17, 15) is 4.79 Å². The first kappa shape index (κ1) is 13.6. The Kier molecular flexibility index (Phi) is 3.78. The lowest BCUT2D eigenvalue weighted by atomic mass is 10.2. The van der Waals surface area contributed by atoms with Crippen LogP contribution in [0.1, 0.15) is 16.1 Å². The van der Waals surface area contributed by atoms with E-state index < -0.39 is 0 Å². The zero-order valence-electron chi connectivity index (χ0n) is 10.1. The third-order valence-electron chi connectivity index (χ3n) is 2.75. The number of hydrogen-bond acceptors (Lipinski definition) is 3. The molecule has 0 atom stereocenters. The fraction of sp³-hybridized carbons (Fsp3) is 0.0769. The minimum Gasteiger partial charge on any atom is -0.346 e. The van der Waals surface area contributed by atoms with E-state index in [1.54, 1.807) is 29.5 Å². The van der Waals surface area contributed by atoms with Crippen LogP contribution in [0.15, 0.2) is 40.4 Å². The number of aromatic nitrogens is 2. The van der Waals surface area contributed by atoms with Gasteiger partial charge in [-0.1, -0.05) is 11.6 Å². The van der Waals surface area contributed by atoms with Gasteiger partial charge in [0.1, 0.15) is 0 Å². The molecule has 0 radical (unpaired) electrons. The van der Waals surface area contributed by atoms with Gasteiger partial charge in [0.15, 0.2) is 4.96 Å². The second-order valence-electron chi connectivity index (χ2n) is 4.13. The van der Waals surface area contributed by atoms with Crippen molar-refractivity contribution >= 4 is 49.7 Å². The van der Waals surface area contributed by atoms with E-state index in [-0.39, 0.29) is 5.91 Å². The van der Waals surface area contributed by atoms with Crippen molar-refractivity contribution in [2.45, 2.75) is 6.54 Å². The fourth-order valence-electron chi connectivity index (χ4n) is 1.80. The lowest BCUT2D eigenvalue weighted by Crippen LogP contribution is -2.23. The van der Waals surface area contributed by atoms with E-state index in [2.05, 4.69) is 26.2 Å². The van der Waals surface area contributed by atoms with E-state index in [1.165, 1.54) is 0 Å². The van der Waals surface area contributed by atoms with Gasteiger partial charge < -0.3 is 5.32 Å². The third kappa shape index (κ3) is 2.72. The average molecular weight is 371 g/mol. The standard InChI is InChI=1S/C13H9BrClN3OS/c14-11-2-1-8(15)5-10(11)12(19)16-6-9-7-18-3-4-20-13(18)17-9/h1-5,7H,6H2,(H,16,19). The van der Waals surface area contributed by atoms with Gasteiger partial charge >= 0.3 is 0 Å². The molecule has 0 unspecified atom stereocenters. The molecule has 0 fully saturated rings. The highest BCUT2D eigenvalue weighted by Gasteiger charge is 2.11. The molecule has 4 nitrogen and oxygen atoms in total. The zero-order valence-corrected chi connectivity index (χ0v) is 13.3. The number of thiazole rings is 1. The number of nitrogens with zero attached hydrogens (tertiary/aromatic N) is 2. The average Bonchev–Trinajstić information content (AvgIpc) is 2.99. The molecule has 0 saturated heterocycles. The van der Waals surface area contributed by atoms with Crippen LogP contribution in [0.3, 0.4) is 0 Å². The minimum absolute atomic E-state index is 0.185. The summed E-state index contributed by atoms with van der Waals surface area (Å²) < 4.78 is 2.65. The number of nitrogens with one attached hydrogen (secondary N) is 1. The lowest BCUT2D eigenvalue weighted by molar-refractivity contribution is 0.0949. The zero-order chi connectivity index (χ0) is 14.1. The van der Waals surface area contributed by atoms with E-state index in [4.69, 9.17) is 11.6 Å². The number of carbonyl (C=O) groups excluding carboxylic acids is 1. The van der Waals surface area contributed by atoms with Crippen molar-refractivity contribution < 1.29 is 4.79 Å². The monoisotopic (exact) mass is 369 g/mol. The molecule has 2 heterocycles. The van der Waals surface area contributed by atoms with Crippen LogP contribution < -0.4 is 5.32 Å². The molecule has 3 aromatic rings. The summed E-state index contributed by atoms with van der Waals surface area (Å²) in [5, 5.41) is 5.33. The first-order valence-corrected chi connectivity index (χ1v) is 7.83. The number of benzene rings is 1. The predicted octanol–water partition coefficient (Wildman–Crippen LogP) is 3.74. The molecule has 0 aliphatic heterocycles. The molecule has 1 amide bonds. The van der Waals surface area contributed by atoms with Crippen molar-refractivity contribution in [3.8, 4) is 0 Å². The Morgan fingerprint density at radius 3 is 3.15 bits per heavy atom. The van der Waals surface area contributed by atoms with Gasteiger partial charge in [0.2, 0.25) is 0 Å². The Balaban J connectivity index is 1.73. The van der Waals surface area contributed by atoms with Gasteiger partial charge in [0, 0.05) is 27.3 Å². The number of halogens is 2. The number of rotatable bonds is 3. The molecule has 20 heavy (non-hydrogen) atoms. The molecule has 0 aliphatic rings. The number of carbonyl (C=O) groups is 1. The van der Waals surface area contributed by atoms with Gasteiger partial charge in [0.05, 0.1) is 17.8 Å². The molecule has 7 heteroatoms. The molecule has 102 valence electrons. The third-order valence-corrected chi connectivity index (χ3v) is 4.44. The molecule has 1 aromatic carbocycles. The number of imidazole rings is 1. The number of fused-ring (bicyclic) bond motifs is 1. The van der Waals surface area contributed by atoms with Gasteiger partial charge in [-0.15, -0.1) is 11.3 Å². The van der Waals surface area contributed by atoms with Crippen molar-refractivity contribution in [3.05, 3.63) is 56.7 Å². The van der Waals surface area contributed by atoms with Crippen LogP contribution in [-0.4, -0.2) is 15.3 Å². The summed E-state index contributed by atoms with van der Waals surface area (Å²) in [6.45, 7) is 0.381. The van der Waals surface area contributed by atoms with E-state index in [0.29, 0.717) is 21.6 Å². The van der Waals surface area contributed by atoms with Gasteiger partial charge in [0.25, 0.3) is 5.91 Å². The van der Waals surface area contributed by atoms with Crippen molar-refractivity contribution in [1.29, 1.82) is 0 Å². The van der Waals surface area contributed by atoms with E-state index in [1.807, 2.05) is 22.2 Å². The SMILES string of the molecule is O=C(NCc1cn2ccsc2n1)c1cc(Cl)ccc1Br. The van der Waals surface area contributed by atoms with Crippen molar-refractivity contribution in [2.75, 3.05) is 0 Å². The van der Waals surface area contributed by atoms with Crippen molar-refractivity contribution in [2.24, 2.45) is 0 Å². The normalized spacial score (nSPS) is 10.9. The summed E-state index contributed by atoms with van der Waals surface area (Å²) in [7, 11) is 0. The van der Waals surface area contributed by atoms with Gasteiger partial charge in [-0.25, -0.2) is 4.98 Å². The highest BCUT2D eigenvalue weighted by atomic mass is 79.9. The first-order valence-electron chi connectivity index (χ1n) is 5.78. The lowest BCUT2D eigenvalue weighted by Gasteiger charge is -2.05. The molecule has 2 aromatic heterocycles. The van der Waals surface area contributed by atoms with Gasteiger partial charge in [-0.2, -0.15) is 0 Å². The second kappa shape index (κ2) is 5.55. The summed E-state index contributed by atoms with van der Waals surface area (Å²) in [5.74, 6) is -0.185. The van der Waals surface area contributed by atoms with Crippen LogP contribution in [0.5, 0.6) is 0 Å². The van der Waals surface area contributed by atoms with Crippen molar-refractivity contribution in [3.63, 3.8) is 0 Å². The molecule has 0 aliphatic carbocycles. The Labute approximate surface area is 132 Å². The molecule has 3 rings (SSSR count).